The Morgan fingerprint density at radius 1 is 1.17 bits per heavy atom. The van der Waals surface area contributed by atoms with Gasteiger partial charge in [-0.25, -0.2) is 0 Å². The molecule has 0 N–H and O–H groups in total. The minimum Gasteiger partial charge on any atom is -0.492 e. The van der Waals surface area contributed by atoms with Gasteiger partial charge in [0, 0.05) is 45.3 Å². The zero-order valence-corrected chi connectivity index (χ0v) is 13.9. The van der Waals surface area contributed by atoms with Crippen molar-refractivity contribution in [1.82, 2.24) is 15.0 Å². The fraction of sp³-hybridized carbons (Fsp3) is 0.444. The highest BCUT2D eigenvalue weighted by atomic mass is 16.5. The fourth-order valence-electron chi connectivity index (χ4n) is 2.81. The lowest BCUT2D eigenvalue weighted by atomic mass is 10.2. The number of aryl methyl sites for hydroxylation is 1. The maximum Gasteiger partial charge on any atom is 0.133 e. The van der Waals surface area contributed by atoms with Crippen LogP contribution in [0.5, 0.6) is 5.75 Å². The average Bonchev–Trinajstić information content (AvgIpc) is 3.02. The third kappa shape index (κ3) is 4.57. The SMILES string of the molecule is Cc1cc(CN2CCN(CCOc3ccc(C#N)cc3)CC2)no1. The number of benzene rings is 1. The van der Waals surface area contributed by atoms with E-state index < -0.39 is 0 Å². The third-order valence-electron chi connectivity index (χ3n) is 4.19. The first kappa shape index (κ1) is 16.5. The lowest BCUT2D eigenvalue weighted by molar-refractivity contribution is 0.111. The molecule has 126 valence electrons. The molecule has 1 aliphatic heterocycles. The average molecular weight is 326 g/mol. The molecule has 0 spiro atoms. The van der Waals surface area contributed by atoms with Crippen molar-refractivity contribution < 1.29 is 9.26 Å². The molecule has 2 aromatic rings. The van der Waals surface area contributed by atoms with Crippen LogP contribution in [-0.4, -0.2) is 54.3 Å². The van der Waals surface area contributed by atoms with Crippen molar-refractivity contribution in [3.63, 3.8) is 0 Å². The molecular formula is C18H22N4O2. The summed E-state index contributed by atoms with van der Waals surface area (Å²) in [7, 11) is 0. The molecule has 0 amide bonds. The smallest absolute Gasteiger partial charge is 0.133 e. The molecule has 2 heterocycles. The molecule has 1 aromatic heterocycles. The molecule has 0 bridgehead atoms. The number of ether oxygens (including phenoxy) is 1. The second-order valence-corrected chi connectivity index (χ2v) is 6.03. The van der Waals surface area contributed by atoms with E-state index in [0.717, 1.165) is 56.5 Å². The van der Waals surface area contributed by atoms with Crippen molar-refractivity contribution >= 4 is 0 Å². The summed E-state index contributed by atoms with van der Waals surface area (Å²) in [5.74, 6) is 1.68. The van der Waals surface area contributed by atoms with Crippen LogP contribution >= 0.6 is 0 Å². The van der Waals surface area contributed by atoms with Gasteiger partial charge in [0.05, 0.1) is 17.3 Å². The van der Waals surface area contributed by atoms with Gasteiger partial charge in [-0.3, -0.25) is 9.80 Å². The van der Waals surface area contributed by atoms with E-state index in [1.54, 1.807) is 12.1 Å². The van der Waals surface area contributed by atoms with E-state index in [1.165, 1.54) is 0 Å². The molecule has 1 aliphatic rings. The minimum atomic E-state index is 0.653. The summed E-state index contributed by atoms with van der Waals surface area (Å²) in [5.41, 5.74) is 1.66. The van der Waals surface area contributed by atoms with Crippen molar-refractivity contribution in [3.05, 3.63) is 47.3 Å². The van der Waals surface area contributed by atoms with E-state index in [1.807, 2.05) is 25.1 Å². The Bertz CT molecular complexity index is 682. The molecule has 0 unspecified atom stereocenters. The Morgan fingerprint density at radius 3 is 2.50 bits per heavy atom. The number of rotatable bonds is 6. The molecule has 6 nitrogen and oxygen atoms in total. The molecule has 1 saturated heterocycles. The summed E-state index contributed by atoms with van der Waals surface area (Å²) in [6.07, 6.45) is 0. The second kappa shape index (κ2) is 7.95. The minimum absolute atomic E-state index is 0.653. The second-order valence-electron chi connectivity index (χ2n) is 6.03. The van der Waals surface area contributed by atoms with Crippen LogP contribution in [0.3, 0.4) is 0 Å². The van der Waals surface area contributed by atoms with Gasteiger partial charge in [0.15, 0.2) is 0 Å². The summed E-state index contributed by atoms with van der Waals surface area (Å²) in [5, 5.41) is 12.8. The zero-order valence-electron chi connectivity index (χ0n) is 13.9. The number of hydrogen-bond acceptors (Lipinski definition) is 6. The van der Waals surface area contributed by atoms with Gasteiger partial charge in [-0.05, 0) is 31.2 Å². The van der Waals surface area contributed by atoms with Crippen molar-refractivity contribution in [2.75, 3.05) is 39.3 Å². The molecular weight excluding hydrogens is 304 g/mol. The summed E-state index contributed by atoms with van der Waals surface area (Å²) in [6.45, 7) is 8.48. The van der Waals surface area contributed by atoms with Crippen LogP contribution < -0.4 is 4.74 Å². The quantitative estimate of drug-likeness (QED) is 0.809. The van der Waals surface area contributed by atoms with Gasteiger partial charge in [-0.15, -0.1) is 0 Å². The molecule has 3 rings (SSSR count). The van der Waals surface area contributed by atoms with Gasteiger partial charge >= 0.3 is 0 Å². The predicted octanol–water partition coefficient (Wildman–Crippen LogP) is 2.05. The van der Waals surface area contributed by atoms with E-state index in [4.69, 9.17) is 14.5 Å². The van der Waals surface area contributed by atoms with Gasteiger partial charge in [-0.2, -0.15) is 5.26 Å². The van der Waals surface area contributed by atoms with E-state index in [0.29, 0.717) is 12.2 Å². The molecule has 24 heavy (non-hydrogen) atoms. The lowest BCUT2D eigenvalue weighted by Gasteiger charge is -2.34. The molecule has 0 saturated carbocycles. The number of hydrogen-bond donors (Lipinski definition) is 0. The first-order chi connectivity index (χ1) is 11.7. The Kier molecular flexibility index (Phi) is 5.47. The highest BCUT2D eigenvalue weighted by Gasteiger charge is 2.17. The molecule has 0 radical (unpaired) electrons. The van der Waals surface area contributed by atoms with Crippen molar-refractivity contribution in [1.29, 1.82) is 5.26 Å². The van der Waals surface area contributed by atoms with Crippen LogP contribution in [0.1, 0.15) is 17.0 Å². The zero-order chi connectivity index (χ0) is 16.8. The van der Waals surface area contributed by atoms with E-state index in [9.17, 15) is 0 Å². The summed E-state index contributed by atoms with van der Waals surface area (Å²) < 4.78 is 10.9. The first-order valence-corrected chi connectivity index (χ1v) is 8.23. The van der Waals surface area contributed by atoms with Crippen molar-refractivity contribution in [2.24, 2.45) is 0 Å². The van der Waals surface area contributed by atoms with Crippen LogP contribution in [0.25, 0.3) is 0 Å². The predicted molar refractivity (Wildman–Crippen MR) is 89.6 cm³/mol. The van der Waals surface area contributed by atoms with Crippen molar-refractivity contribution in [3.8, 4) is 11.8 Å². The van der Waals surface area contributed by atoms with Gasteiger partial charge in [0.1, 0.15) is 18.1 Å². The molecule has 0 aliphatic carbocycles. The third-order valence-corrected chi connectivity index (χ3v) is 4.19. The number of piperazine rings is 1. The number of aromatic nitrogens is 1. The summed E-state index contributed by atoms with van der Waals surface area (Å²) in [4.78, 5) is 4.81. The van der Waals surface area contributed by atoms with Gasteiger partial charge < -0.3 is 9.26 Å². The van der Waals surface area contributed by atoms with Crippen molar-refractivity contribution in [2.45, 2.75) is 13.5 Å². The molecule has 6 heteroatoms. The van der Waals surface area contributed by atoms with Crippen LogP contribution in [0.2, 0.25) is 0 Å². The van der Waals surface area contributed by atoms with Crippen LogP contribution in [0.4, 0.5) is 0 Å². The highest BCUT2D eigenvalue weighted by molar-refractivity contribution is 5.34. The Morgan fingerprint density at radius 2 is 1.88 bits per heavy atom. The maximum absolute atomic E-state index is 8.78. The first-order valence-electron chi connectivity index (χ1n) is 8.23. The van der Waals surface area contributed by atoms with Gasteiger partial charge in [0.25, 0.3) is 0 Å². The highest BCUT2D eigenvalue weighted by Crippen LogP contribution is 2.12. The summed E-state index contributed by atoms with van der Waals surface area (Å²) in [6, 6.07) is 11.3. The normalized spacial score (nSPS) is 16.0. The van der Waals surface area contributed by atoms with Gasteiger partial charge in [-0.1, -0.05) is 5.16 Å². The fourth-order valence-corrected chi connectivity index (χ4v) is 2.81. The van der Waals surface area contributed by atoms with Gasteiger partial charge in [0.2, 0.25) is 0 Å². The van der Waals surface area contributed by atoms with Crippen LogP contribution in [0, 0.1) is 18.3 Å². The van der Waals surface area contributed by atoms with E-state index >= 15 is 0 Å². The lowest BCUT2D eigenvalue weighted by Crippen LogP contribution is -2.47. The Balaban J connectivity index is 1.35. The molecule has 0 atom stereocenters. The molecule has 1 fully saturated rings. The Labute approximate surface area is 142 Å². The topological polar surface area (TPSA) is 65.5 Å². The molecule has 1 aromatic carbocycles. The monoisotopic (exact) mass is 326 g/mol. The largest absolute Gasteiger partial charge is 0.492 e. The van der Waals surface area contributed by atoms with E-state index in [-0.39, 0.29) is 0 Å². The summed E-state index contributed by atoms with van der Waals surface area (Å²) >= 11 is 0. The standard InChI is InChI=1S/C18H22N4O2/c1-15-12-17(20-24-15)14-22-8-6-21(7-9-22)10-11-23-18-4-2-16(13-19)3-5-18/h2-5,12H,6-11,14H2,1H3. The van der Waals surface area contributed by atoms with Crippen LogP contribution in [0.15, 0.2) is 34.9 Å². The number of nitriles is 1. The van der Waals surface area contributed by atoms with E-state index in [2.05, 4.69) is 21.0 Å². The number of nitrogens with zero attached hydrogens (tertiary/aromatic N) is 4. The Hall–Kier alpha value is -2.36. The maximum atomic E-state index is 8.78. The van der Waals surface area contributed by atoms with Crippen LogP contribution in [-0.2, 0) is 6.54 Å².